The molecule has 0 amide bonds. The Morgan fingerprint density at radius 2 is 1.63 bits per heavy atom. The first-order valence-corrected chi connectivity index (χ1v) is 11.1. The second kappa shape index (κ2) is 9.23. The van der Waals surface area contributed by atoms with Gasteiger partial charge in [0.05, 0.1) is 30.2 Å². The van der Waals surface area contributed by atoms with Gasteiger partial charge in [-0.2, -0.15) is 5.26 Å². The summed E-state index contributed by atoms with van der Waals surface area (Å²) in [4.78, 5) is 31.5. The molecule has 0 aliphatic carbocycles. The summed E-state index contributed by atoms with van der Waals surface area (Å²) >= 11 is 0. The fourth-order valence-electron chi connectivity index (χ4n) is 4.16. The van der Waals surface area contributed by atoms with E-state index in [1.807, 2.05) is 42.5 Å². The zero-order valence-corrected chi connectivity index (χ0v) is 18.6. The molecule has 2 heterocycles. The van der Waals surface area contributed by atoms with E-state index in [4.69, 9.17) is 0 Å². The van der Waals surface area contributed by atoms with Crippen molar-refractivity contribution in [2.75, 3.05) is 0 Å². The van der Waals surface area contributed by atoms with Crippen LogP contribution in [0, 0.1) is 17.1 Å². The topological polar surface area (TPSA) is 85.6 Å². The van der Waals surface area contributed by atoms with Gasteiger partial charge in [0.25, 0.3) is 5.56 Å². The van der Waals surface area contributed by atoms with Gasteiger partial charge in [-0.05, 0) is 47.9 Å². The Hall–Kier alpha value is -4.77. The molecule has 5 rings (SSSR count). The molecule has 0 aliphatic rings. The summed E-state index contributed by atoms with van der Waals surface area (Å²) in [7, 11) is 0. The minimum atomic E-state index is -0.548. The number of nitriles is 1. The van der Waals surface area contributed by atoms with Crippen LogP contribution >= 0.6 is 0 Å². The highest BCUT2D eigenvalue weighted by Gasteiger charge is 2.20. The molecule has 0 N–H and O–H groups in total. The van der Waals surface area contributed by atoms with Crippen LogP contribution in [-0.4, -0.2) is 18.7 Å². The van der Waals surface area contributed by atoms with Crippen molar-refractivity contribution < 1.29 is 4.39 Å². The van der Waals surface area contributed by atoms with Gasteiger partial charge in [-0.25, -0.2) is 18.7 Å². The Morgan fingerprint density at radius 3 is 2.37 bits per heavy atom. The number of nitrogens with zero attached hydrogens (tertiary/aromatic N) is 5. The molecule has 0 unspecified atom stereocenters. The zero-order chi connectivity index (χ0) is 24.4. The highest BCUT2D eigenvalue weighted by molar-refractivity contribution is 5.72. The number of halogens is 1. The summed E-state index contributed by atoms with van der Waals surface area (Å²) < 4.78 is 17.8. The van der Waals surface area contributed by atoms with Crippen LogP contribution in [-0.2, 0) is 19.5 Å². The van der Waals surface area contributed by atoms with E-state index in [0.717, 1.165) is 11.1 Å². The normalized spacial score (nSPS) is 11.0. The molecule has 0 radical (unpaired) electrons. The molecule has 35 heavy (non-hydrogen) atoms. The third-order valence-corrected chi connectivity index (χ3v) is 5.93. The lowest BCUT2D eigenvalue weighted by atomic mass is 10.1. The molecule has 0 aliphatic heterocycles. The van der Waals surface area contributed by atoms with Crippen molar-refractivity contribution in [3.8, 4) is 11.8 Å². The van der Waals surface area contributed by atoms with Crippen LogP contribution in [0.1, 0.15) is 16.7 Å². The van der Waals surface area contributed by atoms with Gasteiger partial charge in [-0.1, -0.05) is 48.5 Å². The quantitative estimate of drug-likeness (QED) is 0.383. The maximum atomic E-state index is 13.6. The number of fused-ring (bicyclic) bond motifs is 1. The summed E-state index contributed by atoms with van der Waals surface area (Å²) in [6.07, 6.45) is 1.97. The monoisotopic (exact) mass is 465 g/mol. The van der Waals surface area contributed by atoms with Gasteiger partial charge in [-0.15, -0.1) is 0 Å². The Morgan fingerprint density at radius 1 is 0.914 bits per heavy atom. The van der Waals surface area contributed by atoms with Gasteiger partial charge < -0.3 is 4.57 Å². The number of aryl methyl sites for hydroxylation is 1. The Balaban J connectivity index is 1.70. The van der Waals surface area contributed by atoms with Crippen molar-refractivity contribution in [2.24, 2.45) is 0 Å². The molecule has 0 atom stereocenters. The van der Waals surface area contributed by atoms with Crippen LogP contribution < -0.4 is 11.2 Å². The molecule has 8 heteroatoms. The van der Waals surface area contributed by atoms with E-state index in [2.05, 4.69) is 11.1 Å². The van der Waals surface area contributed by atoms with Crippen LogP contribution in [0.3, 0.4) is 0 Å². The molecular weight excluding hydrogens is 445 g/mol. The highest BCUT2D eigenvalue weighted by Crippen LogP contribution is 2.17. The summed E-state index contributed by atoms with van der Waals surface area (Å²) in [6.45, 7) is 0.397. The average molecular weight is 465 g/mol. The summed E-state index contributed by atoms with van der Waals surface area (Å²) in [6, 6.07) is 24.3. The molecule has 0 fully saturated rings. The SMILES string of the molecule is N#Cc1ccccc1Cn1cnc2c1c(=O)n(CCc1ccccc1)c(=O)n2-c1ccc(F)cc1. The molecule has 5 aromatic rings. The minimum Gasteiger partial charge on any atom is -0.320 e. The van der Waals surface area contributed by atoms with Crippen molar-refractivity contribution in [3.05, 3.63) is 129 Å². The van der Waals surface area contributed by atoms with Crippen molar-refractivity contribution in [1.29, 1.82) is 5.26 Å². The molecule has 7 nitrogen and oxygen atoms in total. The number of hydrogen-bond donors (Lipinski definition) is 0. The fraction of sp³-hybridized carbons (Fsp3) is 0.111. The summed E-state index contributed by atoms with van der Waals surface area (Å²) in [5, 5.41) is 9.47. The first-order chi connectivity index (χ1) is 17.1. The van der Waals surface area contributed by atoms with E-state index in [1.54, 1.807) is 16.7 Å². The Labute approximate surface area is 199 Å². The third kappa shape index (κ3) is 4.15. The molecule has 0 saturated heterocycles. The summed E-state index contributed by atoms with van der Waals surface area (Å²) in [5.74, 6) is -0.436. The van der Waals surface area contributed by atoms with Crippen molar-refractivity contribution in [2.45, 2.75) is 19.5 Å². The van der Waals surface area contributed by atoms with Crippen molar-refractivity contribution >= 4 is 11.2 Å². The first kappa shape index (κ1) is 22.0. The predicted octanol–water partition coefficient (Wildman–Crippen LogP) is 3.65. The van der Waals surface area contributed by atoms with Crippen LogP contribution in [0.25, 0.3) is 16.9 Å². The molecule has 0 spiro atoms. The number of hydrogen-bond acceptors (Lipinski definition) is 4. The van der Waals surface area contributed by atoms with E-state index in [9.17, 15) is 19.2 Å². The predicted molar refractivity (Wildman–Crippen MR) is 130 cm³/mol. The molecule has 3 aromatic carbocycles. The number of rotatable bonds is 6. The van der Waals surface area contributed by atoms with E-state index < -0.39 is 17.1 Å². The van der Waals surface area contributed by atoms with Gasteiger partial charge in [0.15, 0.2) is 11.2 Å². The zero-order valence-electron chi connectivity index (χ0n) is 18.6. The second-order valence-corrected chi connectivity index (χ2v) is 8.10. The molecule has 0 saturated carbocycles. The van der Waals surface area contributed by atoms with Gasteiger partial charge in [0.2, 0.25) is 0 Å². The maximum Gasteiger partial charge on any atom is 0.337 e. The highest BCUT2D eigenvalue weighted by atomic mass is 19.1. The van der Waals surface area contributed by atoms with Gasteiger partial charge in [-0.3, -0.25) is 9.36 Å². The lowest BCUT2D eigenvalue weighted by Gasteiger charge is -2.13. The largest absolute Gasteiger partial charge is 0.337 e. The smallest absolute Gasteiger partial charge is 0.320 e. The van der Waals surface area contributed by atoms with Crippen LogP contribution in [0.4, 0.5) is 4.39 Å². The summed E-state index contributed by atoms with van der Waals surface area (Å²) in [5.41, 5.74) is 2.00. The van der Waals surface area contributed by atoms with Crippen LogP contribution in [0.15, 0.2) is 94.8 Å². The fourth-order valence-corrected chi connectivity index (χ4v) is 4.16. The van der Waals surface area contributed by atoms with E-state index in [-0.39, 0.29) is 24.3 Å². The lowest BCUT2D eigenvalue weighted by Crippen LogP contribution is -2.40. The standard InChI is InChI=1S/C27H20FN5O2/c28-22-10-12-23(13-11-22)33-25-24(31(18-30-25)17-21-9-5-4-8-20(21)16-29)26(34)32(27(33)35)15-14-19-6-2-1-3-7-19/h1-13,18H,14-15,17H2. The minimum absolute atomic E-state index is 0.165. The molecule has 172 valence electrons. The average Bonchev–Trinajstić information content (AvgIpc) is 3.29. The van der Waals surface area contributed by atoms with E-state index >= 15 is 0 Å². The van der Waals surface area contributed by atoms with Gasteiger partial charge >= 0.3 is 5.69 Å². The van der Waals surface area contributed by atoms with Crippen LogP contribution in [0.2, 0.25) is 0 Å². The second-order valence-electron chi connectivity index (χ2n) is 8.10. The van der Waals surface area contributed by atoms with Crippen molar-refractivity contribution in [1.82, 2.24) is 18.7 Å². The van der Waals surface area contributed by atoms with E-state index in [0.29, 0.717) is 17.7 Å². The third-order valence-electron chi connectivity index (χ3n) is 5.93. The Kier molecular flexibility index (Phi) is 5.81. The molecular formula is C27H20FN5O2. The number of benzene rings is 3. The van der Waals surface area contributed by atoms with E-state index in [1.165, 1.54) is 39.7 Å². The van der Waals surface area contributed by atoms with Gasteiger partial charge in [0.1, 0.15) is 5.82 Å². The Bertz CT molecular complexity index is 1680. The van der Waals surface area contributed by atoms with Crippen molar-refractivity contribution in [3.63, 3.8) is 0 Å². The molecule has 2 aromatic heterocycles. The number of imidazole rings is 1. The maximum absolute atomic E-state index is 13.6. The molecule has 0 bridgehead atoms. The first-order valence-electron chi connectivity index (χ1n) is 11.1. The lowest BCUT2D eigenvalue weighted by molar-refractivity contribution is 0.613. The van der Waals surface area contributed by atoms with Crippen LogP contribution in [0.5, 0.6) is 0 Å². The van der Waals surface area contributed by atoms with Gasteiger partial charge in [0, 0.05) is 6.54 Å². The number of aromatic nitrogens is 4.